The molecule has 1 aliphatic rings. The SMILES string of the molecule is [O-]c1c2[n+](nn1-c1ccc(Cl)c(Cl)c1)CCC2. The Morgan fingerprint density at radius 2 is 2.12 bits per heavy atom. The molecule has 1 aromatic carbocycles. The third-order valence-corrected chi connectivity index (χ3v) is 3.62. The summed E-state index contributed by atoms with van der Waals surface area (Å²) in [5, 5.41) is 17.2. The van der Waals surface area contributed by atoms with E-state index in [1.54, 1.807) is 22.9 Å². The molecule has 0 bridgehead atoms. The lowest BCUT2D eigenvalue weighted by molar-refractivity contribution is -0.749. The molecule has 0 radical (unpaired) electrons. The van der Waals surface area contributed by atoms with Crippen LogP contribution in [-0.4, -0.2) is 9.90 Å². The van der Waals surface area contributed by atoms with Crippen molar-refractivity contribution in [2.45, 2.75) is 19.4 Å². The smallest absolute Gasteiger partial charge is 0.161 e. The van der Waals surface area contributed by atoms with Crippen molar-refractivity contribution in [1.82, 2.24) is 9.90 Å². The van der Waals surface area contributed by atoms with Crippen LogP contribution in [0.25, 0.3) is 5.69 Å². The minimum absolute atomic E-state index is 0.0686. The van der Waals surface area contributed by atoms with Gasteiger partial charge in [0.25, 0.3) is 0 Å². The summed E-state index contributed by atoms with van der Waals surface area (Å²) in [5.41, 5.74) is 1.40. The zero-order valence-corrected chi connectivity index (χ0v) is 10.4. The minimum atomic E-state index is -0.0686. The van der Waals surface area contributed by atoms with Gasteiger partial charge < -0.3 is 5.11 Å². The van der Waals surface area contributed by atoms with Crippen molar-refractivity contribution < 1.29 is 9.79 Å². The molecule has 0 saturated heterocycles. The molecule has 0 unspecified atom stereocenters. The number of aryl methyl sites for hydroxylation is 1. The Kier molecular flexibility index (Phi) is 2.49. The molecule has 6 heteroatoms. The second kappa shape index (κ2) is 3.89. The van der Waals surface area contributed by atoms with Crippen molar-refractivity contribution in [2.75, 3.05) is 0 Å². The van der Waals surface area contributed by atoms with E-state index in [0.717, 1.165) is 25.1 Å². The van der Waals surface area contributed by atoms with Crippen molar-refractivity contribution in [3.05, 3.63) is 33.9 Å². The highest BCUT2D eigenvalue weighted by Gasteiger charge is 2.25. The normalized spacial score (nSPS) is 14.0. The Morgan fingerprint density at radius 1 is 1.29 bits per heavy atom. The zero-order valence-electron chi connectivity index (χ0n) is 8.86. The summed E-state index contributed by atoms with van der Waals surface area (Å²) in [6.45, 7) is 0.804. The maximum absolute atomic E-state index is 12.1. The second-order valence-corrected chi connectivity index (χ2v) is 4.79. The van der Waals surface area contributed by atoms with Crippen LogP contribution in [0, 0.1) is 0 Å². The first kappa shape index (κ1) is 10.9. The molecular weight excluding hydrogens is 261 g/mol. The van der Waals surface area contributed by atoms with Gasteiger partial charge in [-0.25, -0.2) is 0 Å². The van der Waals surface area contributed by atoms with E-state index in [2.05, 4.69) is 5.21 Å². The molecular formula is C11H9Cl2N3O. The fourth-order valence-electron chi connectivity index (χ4n) is 2.03. The molecule has 0 atom stereocenters. The van der Waals surface area contributed by atoms with Gasteiger partial charge in [0.05, 0.1) is 15.3 Å². The van der Waals surface area contributed by atoms with Crippen molar-refractivity contribution in [3.63, 3.8) is 0 Å². The van der Waals surface area contributed by atoms with Crippen LogP contribution >= 0.6 is 23.2 Å². The van der Waals surface area contributed by atoms with Crippen LogP contribution in [0.15, 0.2) is 18.2 Å². The van der Waals surface area contributed by atoms with Crippen LogP contribution < -0.4 is 9.79 Å². The quantitative estimate of drug-likeness (QED) is 0.737. The number of hydrogen-bond donors (Lipinski definition) is 0. The molecule has 17 heavy (non-hydrogen) atoms. The third kappa shape index (κ3) is 1.68. The van der Waals surface area contributed by atoms with Gasteiger partial charge >= 0.3 is 0 Å². The van der Waals surface area contributed by atoms with Crippen molar-refractivity contribution >= 4 is 23.2 Å². The average Bonchev–Trinajstić information content (AvgIpc) is 2.86. The Hall–Kier alpha value is -1.26. The molecule has 0 amide bonds. The Morgan fingerprint density at radius 3 is 2.82 bits per heavy atom. The lowest BCUT2D eigenvalue weighted by atomic mass is 10.3. The van der Waals surface area contributed by atoms with Crippen LogP contribution in [0.1, 0.15) is 12.1 Å². The largest absolute Gasteiger partial charge is 0.838 e. The first-order valence-corrected chi connectivity index (χ1v) is 6.07. The molecule has 3 rings (SSSR count). The summed E-state index contributed by atoms with van der Waals surface area (Å²) >= 11 is 11.8. The van der Waals surface area contributed by atoms with Crippen molar-refractivity contribution in [2.24, 2.45) is 0 Å². The lowest BCUT2D eigenvalue weighted by Gasteiger charge is -2.03. The van der Waals surface area contributed by atoms with Crippen LogP contribution in [0.3, 0.4) is 0 Å². The van der Waals surface area contributed by atoms with Gasteiger partial charge in [-0.3, -0.25) is 0 Å². The highest BCUT2D eigenvalue weighted by Crippen LogP contribution is 2.26. The number of aromatic nitrogens is 3. The summed E-state index contributed by atoms with van der Waals surface area (Å²) in [7, 11) is 0. The molecule has 4 nitrogen and oxygen atoms in total. The van der Waals surface area contributed by atoms with Crippen LogP contribution in [0.5, 0.6) is 5.88 Å². The van der Waals surface area contributed by atoms with Gasteiger partial charge in [0, 0.05) is 12.5 Å². The summed E-state index contributed by atoms with van der Waals surface area (Å²) in [6, 6.07) is 5.04. The number of rotatable bonds is 1. The molecule has 0 saturated carbocycles. The Balaban J connectivity index is 2.12. The van der Waals surface area contributed by atoms with Gasteiger partial charge in [0.1, 0.15) is 12.4 Å². The zero-order chi connectivity index (χ0) is 12.0. The van der Waals surface area contributed by atoms with E-state index < -0.39 is 0 Å². The molecule has 0 fully saturated rings. The van der Waals surface area contributed by atoms with Crippen LogP contribution in [-0.2, 0) is 13.0 Å². The number of benzene rings is 1. The van der Waals surface area contributed by atoms with E-state index in [4.69, 9.17) is 23.2 Å². The fraction of sp³-hybridized carbons (Fsp3) is 0.273. The van der Waals surface area contributed by atoms with Crippen molar-refractivity contribution in [3.8, 4) is 11.6 Å². The number of fused-ring (bicyclic) bond motifs is 1. The molecule has 0 spiro atoms. The average molecular weight is 270 g/mol. The number of hydrogen-bond acceptors (Lipinski definition) is 2. The monoisotopic (exact) mass is 269 g/mol. The first-order chi connectivity index (χ1) is 8.16. The maximum Gasteiger partial charge on any atom is 0.161 e. The highest BCUT2D eigenvalue weighted by atomic mass is 35.5. The first-order valence-electron chi connectivity index (χ1n) is 5.31. The highest BCUT2D eigenvalue weighted by molar-refractivity contribution is 6.42. The van der Waals surface area contributed by atoms with E-state index >= 15 is 0 Å². The van der Waals surface area contributed by atoms with Crippen LogP contribution in [0.4, 0.5) is 0 Å². The molecule has 1 aliphatic heterocycles. The third-order valence-electron chi connectivity index (χ3n) is 2.88. The summed E-state index contributed by atoms with van der Waals surface area (Å²) in [5.74, 6) is -0.0686. The molecule has 0 aliphatic carbocycles. The summed E-state index contributed by atoms with van der Waals surface area (Å²) in [4.78, 5) is 0. The van der Waals surface area contributed by atoms with E-state index in [0.29, 0.717) is 15.7 Å². The van der Waals surface area contributed by atoms with Gasteiger partial charge in [-0.15, -0.1) is 9.36 Å². The maximum atomic E-state index is 12.1. The minimum Gasteiger partial charge on any atom is -0.838 e. The van der Waals surface area contributed by atoms with E-state index in [-0.39, 0.29) is 5.88 Å². The molecule has 0 N–H and O–H groups in total. The topological polar surface area (TPSA) is 44.8 Å². The summed E-state index contributed by atoms with van der Waals surface area (Å²) in [6.07, 6.45) is 1.78. The predicted octanol–water partition coefficient (Wildman–Crippen LogP) is 1.49. The van der Waals surface area contributed by atoms with Gasteiger partial charge in [0.15, 0.2) is 11.4 Å². The molecule has 88 valence electrons. The molecule has 2 aromatic rings. The van der Waals surface area contributed by atoms with Crippen LogP contribution in [0.2, 0.25) is 10.0 Å². The van der Waals surface area contributed by atoms with E-state index in [9.17, 15) is 5.11 Å². The van der Waals surface area contributed by atoms with Crippen molar-refractivity contribution in [1.29, 1.82) is 0 Å². The summed E-state index contributed by atoms with van der Waals surface area (Å²) < 4.78 is 3.13. The van der Waals surface area contributed by atoms with Gasteiger partial charge in [-0.2, -0.15) is 0 Å². The lowest BCUT2D eigenvalue weighted by Crippen LogP contribution is -2.35. The number of nitrogens with zero attached hydrogens (tertiary/aromatic N) is 3. The van der Waals surface area contributed by atoms with Gasteiger partial charge in [-0.1, -0.05) is 23.2 Å². The second-order valence-electron chi connectivity index (χ2n) is 3.98. The Bertz CT molecular complexity index is 595. The fourth-order valence-corrected chi connectivity index (χ4v) is 2.33. The van der Waals surface area contributed by atoms with Gasteiger partial charge in [0.2, 0.25) is 0 Å². The predicted molar refractivity (Wildman–Crippen MR) is 61.5 cm³/mol. The number of halogens is 2. The van der Waals surface area contributed by atoms with E-state index in [1.807, 2.05) is 0 Å². The van der Waals surface area contributed by atoms with Gasteiger partial charge in [-0.05, 0) is 18.6 Å². The molecule has 1 aromatic heterocycles. The molecule has 2 heterocycles. The standard InChI is InChI=1S/C11H9Cl2N3O/c12-8-4-3-7(6-9(8)13)16-11(17)10-2-1-5-15(10)14-16/h3-4,6H,1-2,5H2. The van der Waals surface area contributed by atoms with E-state index in [1.165, 1.54) is 4.68 Å². The Labute approximate surface area is 108 Å².